The molecule has 0 aromatic heterocycles. The molecule has 0 N–H and O–H groups in total. The van der Waals surface area contributed by atoms with Crippen LogP contribution in [0.2, 0.25) is 0 Å². The van der Waals surface area contributed by atoms with E-state index in [1.54, 1.807) is 0 Å². The molecule has 0 aliphatic carbocycles. The van der Waals surface area contributed by atoms with Crippen molar-refractivity contribution in [1.29, 1.82) is 0 Å². The summed E-state index contributed by atoms with van der Waals surface area (Å²) in [7, 11) is 0. The molecule has 2 atom stereocenters. The highest BCUT2D eigenvalue weighted by Crippen LogP contribution is 2.48. The number of ether oxygens (including phenoxy) is 2. The van der Waals surface area contributed by atoms with Gasteiger partial charge in [-0.1, -0.05) is 6.92 Å². The van der Waals surface area contributed by atoms with Gasteiger partial charge in [0, 0.05) is 23.5 Å². The molecule has 0 amide bonds. The van der Waals surface area contributed by atoms with E-state index in [-0.39, 0.29) is 22.9 Å². The first-order valence-corrected chi connectivity index (χ1v) is 5.82. The zero-order chi connectivity index (χ0) is 12.0. The van der Waals surface area contributed by atoms with Crippen molar-refractivity contribution in [1.82, 2.24) is 0 Å². The molecule has 0 saturated carbocycles. The summed E-state index contributed by atoms with van der Waals surface area (Å²) < 4.78 is 38.4. The first-order chi connectivity index (χ1) is 8.13. The second kappa shape index (κ2) is 3.67. The van der Waals surface area contributed by atoms with E-state index in [1.165, 1.54) is 6.07 Å². The molecule has 2 heterocycles. The van der Waals surface area contributed by atoms with Crippen molar-refractivity contribution in [2.24, 2.45) is 5.92 Å². The van der Waals surface area contributed by atoms with E-state index in [4.69, 9.17) is 9.47 Å². The fraction of sp³-hybridized carbons (Fsp3) is 0.538. The molecule has 1 aromatic rings. The second-order valence-corrected chi connectivity index (χ2v) is 4.98. The molecule has 2 aliphatic rings. The van der Waals surface area contributed by atoms with Crippen LogP contribution in [0.1, 0.15) is 18.9 Å². The van der Waals surface area contributed by atoms with Crippen LogP contribution >= 0.6 is 0 Å². The lowest BCUT2D eigenvalue weighted by Gasteiger charge is -2.45. The molecule has 2 aliphatic heterocycles. The van der Waals surface area contributed by atoms with Gasteiger partial charge in [0.05, 0.1) is 13.2 Å². The predicted octanol–water partition coefficient (Wildman–Crippen LogP) is 2.65. The Morgan fingerprint density at radius 2 is 2.00 bits per heavy atom. The topological polar surface area (TPSA) is 18.5 Å². The minimum atomic E-state index is -0.479. The van der Waals surface area contributed by atoms with Crippen LogP contribution in [0.5, 0.6) is 5.75 Å². The van der Waals surface area contributed by atoms with Gasteiger partial charge in [0.1, 0.15) is 5.82 Å². The van der Waals surface area contributed by atoms with Crippen molar-refractivity contribution >= 4 is 0 Å². The van der Waals surface area contributed by atoms with Crippen LogP contribution in [0.4, 0.5) is 8.78 Å². The van der Waals surface area contributed by atoms with E-state index in [2.05, 4.69) is 0 Å². The van der Waals surface area contributed by atoms with E-state index < -0.39 is 5.82 Å². The van der Waals surface area contributed by atoms with Crippen molar-refractivity contribution in [2.45, 2.75) is 18.8 Å². The molecule has 0 bridgehead atoms. The van der Waals surface area contributed by atoms with Gasteiger partial charge in [0.15, 0.2) is 11.6 Å². The van der Waals surface area contributed by atoms with Gasteiger partial charge in [-0.25, -0.2) is 8.78 Å². The van der Waals surface area contributed by atoms with Gasteiger partial charge in [0.25, 0.3) is 0 Å². The average molecular weight is 240 g/mol. The Bertz CT molecular complexity index is 461. The zero-order valence-corrected chi connectivity index (χ0v) is 9.63. The minimum Gasteiger partial charge on any atom is -0.490 e. The monoisotopic (exact) mass is 240 g/mol. The van der Waals surface area contributed by atoms with Crippen LogP contribution in [0, 0.1) is 17.6 Å². The largest absolute Gasteiger partial charge is 0.490 e. The van der Waals surface area contributed by atoms with Crippen LogP contribution in [-0.4, -0.2) is 19.8 Å². The van der Waals surface area contributed by atoms with E-state index >= 15 is 0 Å². The van der Waals surface area contributed by atoms with Crippen molar-refractivity contribution in [3.63, 3.8) is 0 Å². The summed E-state index contributed by atoms with van der Waals surface area (Å²) in [5.74, 6) is -0.672. The van der Waals surface area contributed by atoms with Gasteiger partial charge >= 0.3 is 0 Å². The molecule has 92 valence electrons. The Labute approximate surface area is 98.5 Å². The lowest BCUT2D eigenvalue weighted by molar-refractivity contribution is -0.0285. The Morgan fingerprint density at radius 3 is 2.82 bits per heavy atom. The molecule has 1 fully saturated rings. The van der Waals surface area contributed by atoms with E-state index in [1.807, 2.05) is 6.92 Å². The summed E-state index contributed by atoms with van der Waals surface area (Å²) >= 11 is 0. The smallest absolute Gasteiger partial charge is 0.165 e. The zero-order valence-electron chi connectivity index (χ0n) is 9.63. The maximum absolute atomic E-state index is 14.0. The molecule has 17 heavy (non-hydrogen) atoms. The quantitative estimate of drug-likeness (QED) is 0.694. The first kappa shape index (κ1) is 11.0. The van der Waals surface area contributed by atoms with Gasteiger partial charge in [-0.3, -0.25) is 0 Å². The van der Waals surface area contributed by atoms with Gasteiger partial charge in [-0.05, 0) is 18.6 Å². The van der Waals surface area contributed by atoms with Crippen LogP contribution in [-0.2, 0) is 10.2 Å². The summed E-state index contributed by atoms with van der Waals surface area (Å²) in [5, 5.41) is 0. The van der Waals surface area contributed by atoms with Crippen LogP contribution < -0.4 is 4.74 Å². The SMILES string of the molecule is CC12CCOCC1COc1c(F)ccc(F)c12. The van der Waals surface area contributed by atoms with Gasteiger partial charge in [0.2, 0.25) is 0 Å². The third-order valence-electron chi connectivity index (χ3n) is 4.04. The summed E-state index contributed by atoms with van der Waals surface area (Å²) in [4.78, 5) is 0. The van der Waals surface area contributed by atoms with Gasteiger partial charge in [-0.2, -0.15) is 0 Å². The van der Waals surface area contributed by atoms with Gasteiger partial charge in [-0.15, -0.1) is 0 Å². The van der Waals surface area contributed by atoms with Crippen molar-refractivity contribution < 1.29 is 18.3 Å². The maximum Gasteiger partial charge on any atom is 0.165 e. The summed E-state index contributed by atoms with van der Waals surface area (Å²) in [6.07, 6.45) is 0.703. The number of fused-ring (bicyclic) bond motifs is 3. The molecule has 3 rings (SSSR count). The predicted molar refractivity (Wildman–Crippen MR) is 58.1 cm³/mol. The van der Waals surface area contributed by atoms with E-state index in [0.29, 0.717) is 31.8 Å². The van der Waals surface area contributed by atoms with E-state index in [9.17, 15) is 8.78 Å². The normalized spacial score (nSPS) is 31.4. The molecule has 0 radical (unpaired) electrons. The van der Waals surface area contributed by atoms with Crippen molar-refractivity contribution in [3.8, 4) is 5.75 Å². The first-order valence-electron chi connectivity index (χ1n) is 5.82. The third-order valence-corrected chi connectivity index (χ3v) is 4.04. The molecule has 1 saturated heterocycles. The highest BCUT2D eigenvalue weighted by atomic mass is 19.1. The summed E-state index contributed by atoms with van der Waals surface area (Å²) in [6.45, 7) is 3.50. The Morgan fingerprint density at radius 1 is 1.24 bits per heavy atom. The molecule has 0 spiro atoms. The minimum absolute atomic E-state index is 0.0886. The molecule has 2 unspecified atom stereocenters. The van der Waals surface area contributed by atoms with Crippen LogP contribution in [0.25, 0.3) is 0 Å². The molecule has 4 heteroatoms. The molecular weight excluding hydrogens is 226 g/mol. The average Bonchev–Trinajstić information content (AvgIpc) is 2.32. The highest BCUT2D eigenvalue weighted by Gasteiger charge is 2.46. The van der Waals surface area contributed by atoms with Crippen molar-refractivity contribution in [3.05, 3.63) is 29.3 Å². The Hall–Kier alpha value is -1.16. The number of rotatable bonds is 0. The highest BCUT2D eigenvalue weighted by molar-refractivity contribution is 5.44. The van der Waals surface area contributed by atoms with Gasteiger partial charge < -0.3 is 9.47 Å². The maximum atomic E-state index is 14.0. The second-order valence-electron chi connectivity index (χ2n) is 4.98. The number of hydrogen-bond acceptors (Lipinski definition) is 2. The van der Waals surface area contributed by atoms with Crippen LogP contribution in [0.15, 0.2) is 12.1 Å². The fourth-order valence-corrected chi connectivity index (χ4v) is 2.85. The molecular formula is C13H14F2O2. The number of hydrogen-bond donors (Lipinski definition) is 0. The molecule has 1 aromatic carbocycles. The number of benzene rings is 1. The summed E-state index contributed by atoms with van der Waals surface area (Å²) in [5.41, 5.74) is 0.00919. The third kappa shape index (κ3) is 1.47. The molecule has 2 nitrogen and oxygen atoms in total. The van der Waals surface area contributed by atoms with Crippen LogP contribution in [0.3, 0.4) is 0 Å². The lowest BCUT2D eigenvalue weighted by atomic mass is 9.67. The lowest BCUT2D eigenvalue weighted by Crippen LogP contribution is -2.47. The summed E-state index contributed by atoms with van der Waals surface area (Å²) in [6, 6.07) is 2.30. The number of halogens is 2. The van der Waals surface area contributed by atoms with E-state index in [0.717, 1.165) is 6.07 Å². The van der Waals surface area contributed by atoms with Crippen molar-refractivity contribution in [2.75, 3.05) is 19.8 Å². The Balaban J connectivity index is 2.19. The Kier molecular flexibility index (Phi) is 2.36. The standard InChI is InChI=1S/C13H14F2O2/c1-13-4-5-16-6-8(13)7-17-12-10(15)3-2-9(14)11(12)13/h2-3,8H,4-7H2,1H3. The fourth-order valence-electron chi connectivity index (χ4n) is 2.85.